The number of anilines is 1. The molecule has 1 aliphatic rings. The molecule has 4 rings (SSSR count). The fourth-order valence-corrected chi connectivity index (χ4v) is 2.93. The molecule has 2 aromatic heterocycles. The van der Waals surface area contributed by atoms with Crippen molar-refractivity contribution in [1.82, 2.24) is 19.9 Å². The summed E-state index contributed by atoms with van der Waals surface area (Å²) in [6.07, 6.45) is 2.22. The van der Waals surface area contributed by atoms with Gasteiger partial charge >= 0.3 is 0 Å². The van der Waals surface area contributed by atoms with Crippen molar-refractivity contribution < 1.29 is 19.0 Å². The first kappa shape index (κ1) is 17.2. The Morgan fingerprint density at radius 2 is 2.22 bits per heavy atom. The number of amides is 1. The predicted molar refractivity (Wildman–Crippen MR) is 95.3 cm³/mol. The third-order valence-corrected chi connectivity index (χ3v) is 4.35. The number of hydrogen-bond acceptors (Lipinski definition) is 6. The number of β-amino-alcohol motifs (C(OH)–C–C–N with tert-alkyl or cyclic N) is 1. The number of aliphatic hydroxyl groups is 1. The second kappa shape index (κ2) is 6.84. The first-order valence-corrected chi connectivity index (χ1v) is 8.44. The van der Waals surface area contributed by atoms with Gasteiger partial charge in [0.15, 0.2) is 5.65 Å². The Hall–Kier alpha value is -3.20. The van der Waals surface area contributed by atoms with Crippen molar-refractivity contribution in [2.45, 2.75) is 12.6 Å². The van der Waals surface area contributed by atoms with Gasteiger partial charge in [0.2, 0.25) is 0 Å². The molecule has 140 valence electrons. The van der Waals surface area contributed by atoms with E-state index in [1.807, 2.05) is 11.9 Å². The smallest absolute Gasteiger partial charge is 0.256 e. The fourth-order valence-electron chi connectivity index (χ4n) is 2.93. The highest BCUT2D eigenvalue weighted by molar-refractivity contribution is 5.99. The molecule has 0 saturated heterocycles. The average molecular weight is 371 g/mol. The number of nitrogens with one attached hydrogen (secondary N) is 1. The maximum absolute atomic E-state index is 13.7. The van der Waals surface area contributed by atoms with Gasteiger partial charge < -0.3 is 20.1 Å². The zero-order valence-corrected chi connectivity index (χ0v) is 14.6. The Morgan fingerprint density at radius 3 is 3.07 bits per heavy atom. The molecule has 1 amide bonds. The normalized spacial score (nSPS) is 18.0. The number of ether oxygens (including phenoxy) is 1. The van der Waals surface area contributed by atoms with Crippen LogP contribution in [0.1, 0.15) is 15.9 Å². The molecule has 1 atom stereocenters. The number of benzene rings is 1. The summed E-state index contributed by atoms with van der Waals surface area (Å²) in [7, 11) is 1.81. The molecule has 1 unspecified atom stereocenters. The van der Waals surface area contributed by atoms with Gasteiger partial charge in [0.25, 0.3) is 5.91 Å². The van der Waals surface area contributed by atoms with Crippen LogP contribution in [0, 0.1) is 5.82 Å². The molecule has 27 heavy (non-hydrogen) atoms. The predicted octanol–water partition coefficient (Wildman–Crippen LogP) is 0.988. The van der Waals surface area contributed by atoms with Crippen molar-refractivity contribution in [3.8, 4) is 5.75 Å². The molecule has 0 aliphatic carbocycles. The third-order valence-electron chi connectivity index (χ3n) is 4.35. The number of rotatable bonds is 0. The van der Waals surface area contributed by atoms with Crippen LogP contribution in [-0.2, 0) is 6.54 Å². The lowest BCUT2D eigenvalue weighted by atomic mass is 10.2. The van der Waals surface area contributed by atoms with Gasteiger partial charge in [-0.15, -0.1) is 0 Å². The number of carbonyl (C=O) groups is 1. The van der Waals surface area contributed by atoms with Crippen LogP contribution in [0.3, 0.4) is 0 Å². The highest BCUT2D eigenvalue weighted by atomic mass is 19.1. The summed E-state index contributed by atoms with van der Waals surface area (Å²) in [5.74, 6) is 0.318. The monoisotopic (exact) mass is 371 g/mol. The largest absolute Gasteiger partial charge is 0.490 e. The minimum Gasteiger partial charge on any atom is -0.490 e. The number of carbonyl (C=O) groups excluding carboxylic acids is 1. The molecular weight excluding hydrogens is 353 g/mol. The van der Waals surface area contributed by atoms with Gasteiger partial charge in [-0.25, -0.2) is 13.9 Å². The Labute approximate surface area is 154 Å². The standard InChI is InChI=1S/C18H18FN5O3/c1-23-9-11-6-12(19)2-3-15(11)27-10-13(25)7-20-18(26)14-8-21-24-5-4-16(23)22-17(14)24/h2-6,8,13,25H,7,9-10H2,1H3,(H,20,26). The first-order valence-electron chi connectivity index (χ1n) is 8.44. The van der Waals surface area contributed by atoms with Crippen LogP contribution in [0.25, 0.3) is 5.65 Å². The van der Waals surface area contributed by atoms with Crippen LogP contribution < -0.4 is 15.0 Å². The maximum Gasteiger partial charge on any atom is 0.256 e. The zero-order chi connectivity index (χ0) is 19.0. The second-order valence-electron chi connectivity index (χ2n) is 6.40. The van der Waals surface area contributed by atoms with Gasteiger partial charge in [-0.1, -0.05) is 0 Å². The molecule has 0 saturated carbocycles. The van der Waals surface area contributed by atoms with Gasteiger partial charge in [-0.3, -0.25) is 4.79 Å². The van der Waals surface area contributed by atoms with E-state index >= 15 is 0 Å². The molecule has 3 heterocycles. The molecule has 0 fully saturated rings. The molecule has 0 radical (unpaired) electrons. The quantitative estimate of drug-likeness (QED) is 0.612. The van der Waals surface area contributed by atoms with Crippen molar-refractivity contribution in [3.63, 3.8) is 0 Å². The first-order chi connectivity index (χ1) is 13.0. The third kappa shape index (κ3) is 3.41. The van der Waals surface area contributed by atoms with E-state index in [4.69, 9.17) is 4.74 Å². The summed E-state index contributed by atoms with van der Waals surface area (Å²) in [4.78, 5) is 18.8. The van der Waals surface area contributed by atoms with Crippen molar-refractivity contribution in [2.75, 3.05) is 25.1 Å². The van der Waals surface area contributed by atoms with Gasteiger partial charge in [-0.2, -0.15) is 5.10 Å². The minimum atomic E-state index is -0.919. The van der Waals surface area contributed by atoms with Gasteiger partial charge in [-0.05, 0) is 24.3 Å². The molecular formula is C18H18FN5O3. The molecule has 1 aromatic carbocycles. The summed E-state index contributed by atoms with van der Waals surface area (Å²) in [6.45, 7) is 0.309. The van der Waals surface area contributed by atoms with E-state index in [9.17, 15) is 14.3 Å². The Balaban J connectivity index is 1.79. The van der Waals surface area contributed by atoms with Gasteiger partial charge in [0.05, 0.1) is 6.20 Å². The Bertz CT molecular complexity index is 1010. The maximum atomic E-state index is 13.7. The number of aromatic nitrogens is 3. The average Bonchev–Trinajstić information content (AvgIpc) is 3.08. The number of fused-ring (bicyclic) bond motifs is 2. The van der Waals surface area contributed by atoms with Gasteiger partial charge in [0.1, 0.15) is 35.7 Å². The van der Waals surface area contributed by atoms with E-state index < -0.39 is 6.10 Å². The van der Waals surface area contributed by atoms with Crippen LogP contribution in [0.15, 0.2) is 36.7 Å². The second-order valence-corrected chi connectivity index (χ2v) is 6.40. The van der Waals surface area contributed by atoms with E-state index in [1.165, 1.54) is 28.9 Å². The number of hydrogen-bond donors (Lipinski definition) is 2. The SMILES string of the molecule is CN1Cc2cc(F)ccc2OCC(O)CNC(=O)c2cnn3ccc1nc23. The molecule has 8 nitrogen and oxygen atoms in total. The van der Waals surface area contributed by atoms with E-state index in [1.54, 1.807) is 12.3 Å². The lowest BCUT2D eigenvalue weighted by Crippen LogP contribution is -2.35. The van der Waals surface area contributed by atoms with E-state index in [2.05, 4.69) is 15.4 Å². The molecule has 0 spiro atoms. The lowest BCUT2D eigenvalue weighted by molar-refractivity contribution is 0.0843. The van der Waals surface area contributed by atoms with Crippen LogP contribution >= 0.6 is 0 Å². The molecule has 2 N–H and O–H groups in total. The van der Waals surface area contributed by atoms with Crippen molar-refractivity contribution in [1.29, 1.82) is 0 Å². The summed E-state index contributed by atoms with van der Waals surface area (Å²) >= 11 is 0. The number of aliphatic hydroxyl groups excluding tert-OH is 1. The van der Waals surface area contributed by atoms with Crippen LogP contribution in [0.2, 0.25) is 0 Å². The summed E-state index contributed by atoms with van der Waals surface area (Å²) in [6, 6.07) is 5.99. The minimum absolute atomic E-state index is 0.00624. The van der Waals surface area contributed by atoms with E-state index in [0.29, 0.717) is 34.9 Å². The van der Waals surface area contributed by atoms with Gasteiger partial charge in [0, 0.05) is 31.9 Å². The van der Waals surface area contributed by atoms with Crippen molar-refractivity contribution in [3.05, 3.63) is 53.6 Å². The Kier molecular flexibility index (Phi) is 4.36. The number of nitrogens with zero attached hydrogens (tertiary/aromatic N) is 4. The van der Waals surface area contributed by atoms with Crippen molar-refractivity contribution in [2.24, 2.45) is 0 Å². The van der Waals surface area contributed by atoms with E-state index in [-0.39, 0.29) is 24.9 Å². The lowest BCUT2D eigenvalue weighted by Gasteiger charge is -2.21. The summed E-state index contributed by atoms with van der Waals surface area (Å²) < 4.78 is 20.9. The zero-order valence-electron chi connectivity index (χ0n) is 14.6. The van der Waals surface area contributed by atoms with Crippen LogP contribution in [-0.4, -0.2) is 51.9 Å². The molecule has 3 aromatic rings. The fraction of sp³-hybridized carbons (Fsp3) is 0.278. The number of halogens is 1. The van der Waals surface area contributed by atoms with Crippen LogP contribution in [0.4, 0.5) is 10.2 Å². The highest BCUT2D eigenvalue weighted by Crippen LogP contribution is 2.24. The highest BCUT2D eigenvalue weighted by Gasteiger charge is 2.19. The Morgan fingerprint density at radius 1 is 1.37 bits per heavy atom. The molecule has 2 bridgehead atoms. The van der Waals surface area contributed by atoms with Crippen molar-refractivity contribution >= 4 is 17.4 Å². The topological polar surface area (TPSA) is 92.0 Å². The molecule has 9 heteroatoms. The summed E-state index contributed by atoms with van der Waals surface area (Å²) in [5, 5.41) is 16.9. The molecule has 1 aliphatic heterocycles. The van der Waals surface area contributed by atoms with Crippen LogP contribution in [0.5, 0.6) is 5.75 Å². The van der Waals surface area contributed by atoms with E-state index in [0.717, 1.165) is 0 Å². The summed E-state index contributed by atoms with van der Waals surface area (Å²) in [5.41, 5.74) is 1.34.